The average molecular weight is 242 g/mol. The molecule has 78 valence electrons. The summed E-state index contributed by atoms with van der Waals surface area (Å²) in [5, 5.41) is 8.50. The SMILES string of the molecule is Cc1ccc(-n2cc(CCl)nn2)c(Cl)c1. The van der Waals surface area contributed by atoms with Crippen LogP contribution in [0.25, 0.3) is 5.69 Å². The summed E-state index contributed by atoms with van der Waals surface area (Å²) < 4.78 is 1.62. The molecule has 2 rings (SSSR count). The lowest BCUT2D eigenvalue weighted by atomic mass is 10.2. The highest BCUT2D eigenvalue weighted by Gasteiger charge is 2.05. The largest absolute Gasteiger partial charge is 0.219 e. The van der Waals surface area contributed by atoms with E-state index in [2.05, 4.69) is 10.3 Å². The van der Waals surface area contributed by atoms with Gasteiger partial charge in [0.1, 0.15) is 0 Å². The van der Waals surface area contributed by atoms with Crippen molar-refractivity contribution in [1.29, 1.82) is 0 Å². The number of hydrogen-bond acceptors (Lipinski definition) is 2. The first-order valence-corrected chi connectivity index (χ1v) is 5.35. The number of halogens is 2. The van der Waals surface area contributed by atoms with Crippen molar-refractivity contribution in [1.82, 2.24) is 15.0 Å². The van der Waals surface area contributed by atoms with Crippen LogP contribution in [0.15, 0.2) is 24.4 Å². The quantitative estimate of drug-likeness (QED) is 0.758. The summed E-state index contributed by atoms with van der Waals surface area (Å²) in [6.45, 7) is 1.99. The van der Waals surface area contributed by atoms with E-state index in [4.69, 9.17) is 23.2 Å². The topological polar surface area (TPSA) is 30.7 Å². The van der Waals surface area contributed by atoms with Crippen LogP contribution in [0.4, 0.5) is 0 Å². The Hall–Kier alpha value is -1.06. The fourth-order valence-corrected chi connectivity index (χ4v) is 1.72. The Balaban J connectivity index is 2.44. The lowest BCUT2D eigenvalue weighted by Crippen LogP contribution is -1.96. The summed E-state index contributed by atoms with van der Waals surface area (Å²) in [5.41, 5.74) is 2.65. The van der Waals surface area contributed by atoms with E-state index >= 15 is 0 Å². The number of aromatic nitrogens is 3. The minimum Gasteiger partial charge on any atom is -0.219 e. The van der Waals surface area contributed by atoms with E-state index in [0.29, 0.717) is 10.9 Å². The highest BCUT2D eigenvalue weighted by molar-refractivity contribution is 6.32. The number of alkyl halides is 1. The van der Waals surface area contributed by atoms with Crippen molar-refractivity contribution < 1.29 is 0 Å². The Labute approximate surface area is 97.6 Å². The molecule has 0 saturated carbocycles. The van der Waals surface area contributed by atoms with Crippen molar-refractivity contribution in [3.63, 3.8) is 0 Å². The first kappa shape index (κ1) is 10.5. The van der Waals surface area contributed by atoms with Gasteiger partial charge in [-0.05, 0) is 24.6 Å². The predicted molar refractivity (Wildman–Crippen MR) is 60.7 cm³/mol. The molecule has 15 heavy (non-hydrogen) atoms. The number of benzene rings is 1. The van der Waals surface area contributed by atoms with Crippen LogP contribution in [0.3, 0.4) is 0 Å². The Morgan fingerprint density at radius 2 is 2.20 bits per heavy atom. The summed E-state index contributed by atoms with van der Waals surface area (Å²) in [6, 6.07) is 5.77. The molecule has 0 aliphatic rings. The standard InChI is InChI=1S/C10H9Cl2N3/c1-7-2-3-10(9(12)4-7)15-6-8(5-11)13-14-15/h2-4,6H,5H2,1H3. The molecule has 1 heterocycles. The molecule has 0 spiro atoms. The number of hydrogen-bond donors (Lipinski definition) is 0. The Kier molecular flexibility index (Phi) is 2.93. The molecule has 1 aromatic heterocycles. The maximum Gasteiger partial charge on any atom is 0.0979 e. The minimum atomic E-state index is 0.351. The van der Waals surface area contributed by atoms with Crippen molar-refractivity contribution in [2.24, 2.45) is 0 Å². The first-order valence-electron chi connectivity index (χ1n) is 4.44. The monoisotopic (exact) mass is 241 g/mol. The Bertz CT molecular complexity index is 479. The Morgan fingerprint density at radius 3 is 2.80 bits per heavy atom. The van der Waals surface area contributed by atoms with Crippen LogP contribution in [-0.4, -0.2) is 15.0 Å². The molecule has 1 aromatic carbocycles. The van der Waals surface area contributed by atoms with Crippen LogP contribution >= 0.6 is 23.2 Å². The number of aryl methyl sites for hydroxylation is 1. The van der Waals surface area contributed by atoms with Gasteiger partial charge in [0.25, 0.3) is 0 Å². The van der Waals surface area contributed by atoms with E-state index in [9.17, 15) is 0 Å². The van der Waals surface area contributed by atoms with Crippen molar-refractivity contribution in [2.45, 2.75) is 12.8 Å². The lowest BCUT2D eigenvalue weighted by Gasteiger charge is -2.03. The maximum atomic E-state index is 6.09. The second-order valence-corrected chi connectivity index (χ2v) is 3.92. The van der Waals surface area contributed by atoms with Crippen LogP contribution < -0.4 is 0 Å². The first-order chi connectivity index (χ1) is 7.20. The molecule has 0 aliphatic carbocycles. The van der Waals surface area contributed by atoms with Gasteiger partial charge < -0.3 is 0 Å². The van der Waals surface area contributed by atoms with Gasteiger partial charge in [-0.15, -0.1) is 16.7 Å². The van der Waals surface area contributed by atoms with Crippen LogP contribution in [0.2, 0.25) is 5.02 Å². The van der Waals surface area contributed by atoms with Gasteiger partial charge in [0, 0.05) is 0 Å². The predicted octanol–water partition coefficient (Wildman–Crippen LogP) is 2.97. The van der Waals surface area contributed by atoms with Crippen LogP contribution in [0.1, 0.15) is 11.3 Å². The van der Waals surface area contributed by atoms with Gasteiger partial charge in [-0.2, -0.15) is 0 Å². The fraction of sp³-hybridized carbons (Fsp3) is 0.200. The van der Waals surface area contributed by atoms with Gasteiger partial charge in [-0.3, -0.25) is 0 Å². The molecule has 0 unspecified atom stereocenters. The molecule has 2 aromatic rings. The molecule has 0 N–H and O–H groups in total. The second kappa shape index (κ2) is 4.21. The highest BCUT2D eigenvalue weighted by Crippen LogP contribution is 2.21. The summed E-state index contributed by atoms with van der Waals surface area (Å²) in [5.74, 6) is 0.351. The van der Waals surface area contributed by atoms with Crippen molar-refractivity contribution in [3.8, 4) is 5.69 Å². The minimum absolute atomic E-state index is 0.351. The molecule has 0 atom stereocenters. The molecule has 5 heteroatoms. The summed E-state index contributed by atoms with van der Waals surface area (Å²) >= 11 is 11.7. The molecule has 0 amide bonds. The van der Waals surface area contributed by atoms with E-state index in [1.165, 1.54) is 0 Å². The average Bonchev–Trinajstić information content (AvgIpc) is 2.66. The highest BCUT2D eigenvalue weighted by atomic mass is 35.5. The van der Waals surface area contributed by atoms with E-state index in [1.54, 1.807) is 10.9 Å². The van der Waals surface area contributed by atoms with E-state index in [1.807, 2.05) is 25.1 Å². The van der Waals surface area contributed by atoms with Crippen LogP contribution in [0.5, 0.6) is 0 Å². The van der Waals surface area contributed by atoms with Gasteiger partial charge in [-0.25, -0.2) is 4.68 Å². The molecule has 0 fully saturated rings. The van der Waals surface area contributed by atoms with Crippen molar-refractivity contribution in [2.75, 3.05) is 0 Å². The number of nitrogens with zero attached hydrogens (tertiary/aromatic N) is 3. The van der Waals surface area contributed by atoms with Crippen molar-refractivity contribution in [3.05, 3.63) is 40.7 Å². The third-order valence-corrected chi connectivity index (χ3v) is 2.60. The van der Waals surface area contributed by atoms with Gasteiger partial charge >= 0.3 is 0 Å². The van der Waals surface area contributed by atoms with E-state index in [-0.39, 0.29) is 0 Å². The molecule has 0 bridgehead atoms. The molecule has 3 nitrogen and oxygen atoms in total. The fourth-order valence-electron chi connectivity index (χ4n) is 1.28. The third-order valence-electron chi connectivity index (χ3n) is 2.03. The molecule has 0 saturated heterocycles. The zero-order chi connectivity index (χ0) is 10.8. The van der Waals surface area contributed by atoms with Gasteiger partial charge in [-0.1, -0.05) is 22.9 Å². The third kappa shape index (κ3) is 2.13. The Morgan fingerprint density at radius 1 is 1.40 bits per heavy atom. The summed E-state index contributed by atoms with van der Waals surface area (Å²) in [4.78, 5) is 0. The second-order valence-electron chi connectivity index (χ2n) is 3.24. The smallest absolute Gasteiger partial charge is 0.0979 e. The molecule has 0 radical (unpaired) electrons. The van der Waals surface area contributed by atoms with E-state index in [0.717, 1.165) is 16.9 Å². The normalized spacial score (nSPS) is 10.6. The van der Waals surface area contributed by atoms with Crippen LogP contribution in [0, 0.1) is 6.92 Å². The lowest BCUT2D eigenvalue weighted by molar-refractivity contribution is 0.800. The zero-order valence-electron chi connectivity index (χ0n) is 8.11. The summed E-state index contributed by atoms with van der Waals surface area (Å²) in [6.07, 6.45) is 1.77. The van der Waals surface area contributed by atoms with Gasteiger partial charge in [0.15, 0.2) is 0 Å². The van der Waals surface area contributed by atoms with Crippen molar-refractivity contribution >= 4 is 23.2 Å². The van der Waals surface area contributed by atoms with Gasteiger partial charge in [0.05, 0.1) is 28.5 Å². The molecular formula is C10H9Cl2N3. The molecule has 0 aliphatic heterocycles. The van der Waals surface area contributed by atoms with Gasteiger partial charge in [0.2, 0.25) is 0 Å². The summed E-state index contributed by atoms with van der Waals surface area (Å²) in [7, 11) is 0. The maximum absolute atomic E-state index is 6.09. The number of rotatable bonds is 2. The molecular weight excluding hydrogens is 233 g/mol. The van der Waals surface area contributed by atoms with E-state index < -0.39 is 0 Å². The zero-order valence-corrected chi connectivity index (χ0v) is 9.63. The van der Waals surface area contributed by atoms with Crippen LogP contribution in [-0.2, 0) is 5.88 Å².